The largest absolute Gasteiger partial charge is 0.376 e. The number of amides is 1. The van der Waals surface area contributed by atoms with E-state index in [0.717, 1.165) is 11.3 Å². The summed E-state index contributed by atoms with van der Waals surface area (Å²) in [4.78, 5) is 13.7. The Morgan fingerprint density at radius 3 is 2.81 bits per heavy atom. The summed E-state index contributed by atoms with van der Waals surface area (Å²) >= 11 is 6.02. The predicted octanol–water partition coefficient (Wildman–Crippen LogP) is 1.71. The van der Waals surface area contributed by atoms with Gasteiger partial charge in [-0.15, -0.1) is 0 Å². The smallest absolute Gasteiger partial charge is 0.241 e. The minimum absolute atomic E-state index is 0.0609. The van der Waals surface area contributed by atoms with E-state index in [4.69, 9.17) is 11.6 Å². The van der Waals surface area contributed by atoms with Gasteiger partial charge in [0.15, 0.2) is 9.84 Å². The van der Waals surface area contributed by atoms with Gasteiger partial charge in [0.25, 0.3) is 0 Å². The van der Waals surface area contributed by atoms with Gasteiger partial charge in [-0.05, 0) is 31.0 Å². The van der Waals surface area contributed by atoms with Gasteiger partial charge in [0.2, 0.25) is 5.91 Å². The van der Waals surface area contributed by atoms with Crippen molar-refractivity contribution in [2.75, 3.05) is 30.4 Å². The molecule has 0 bridgehead atoms. The molecule has 1 unspecified atom stereocenters. The third-order valence-electron chi connectivity index (χ3n) is 3.85. The van der Waals surface area contributed by atoms with E-state index in [1.165, 1.54) is 4.90 Å². The van der Waals surface area contributed by atoms with Gasteiger partial charge in [0, 0.05) is 23.8 Å². The number of halogens is 1. The molecule has 0 radical (unpaired) electrons. The van der Waals surface area contributed by atoms with Crippen LogP contribution < -0.4 is 5.32 Å². The maximum atomic E-state index is 12.1. The number of carbonyl (C=O) groups excluding carboxylic acids is 1. The van der Waals surface area contributed by atoms with Crippen molar-refractivity contribution in [3.8, 4) is 0 Å². The number of nitrogens with zero attached hydrogens (tertiary/aromatic N) is 1. The highest BCUT2D eigenvalue weighted by molar-refractivity contribution is 7.91. The number of anilines is 1. The van der Waals surface area contributed by atoms with E-state index in [1.54, 1.807) is 13.1 Å². The van der Waals surface area contributed by atoms with Crippen molar-refractivity contribution in [3.63, 3.8) is 0 Å². The third-order valence-corrected chi connectivity index (χ3v) is 6.01. The third kappa shape index (κ3) is 3.89. The lowest BCUT2D eigenvalue weighted by Gasteiger charge is -2.24. The fourth-order valence-electron chi connectivity index (χ4n) is 2.38. The molecule has 116 valence electrons. The number of sulfone groups is 1. The second-order valence-corrected chi connectivity index (χ2v) is 7.96. The van der Waals surface area contributed by atoms with Crippen molar-refractivity contribution in [3.05, 3.63) is 28.8 Å². The quantitative estimate of drug-likeness (QED) is 0.912. The summed E-state index contributed by atoms with van der Waals surface area (Å²) in [6.07, 6.45) is 0.515. The van der Waals surface area contributed by atoms with Crippen LogP contribution in [0.1, 0.15) is 12.0 Å². The highest BCUT2D eigenvalue weighted by Gasteiger charge is 2.32. The number of carbonyl (C=O) groups is 1. The van der Waals surface area contributed by atoms with Crippen LogP contribution in [0.25, 0.3) is 0 Å². The number of likely N-dealkylation sites (N-methyl/N-ethyl adjacent to an activating group) is 1. The van der Waals surface area contributed by atoms with Gasteiger partial charge in [0.05, 0.1) is 18.1 Å². The van der Waals surface area contributed by atoms with Gasteiger partial charge in [-0.2, -0.15) is 0 Å². The molecule has 1 aliphatic rings. The second-order valence-electron chi connectivity index (χ2n) is 5.33. The zero-order valence-electron chi connectivity index (χ0n) is 12.1. The van der Waals surface area contributed by atoms with Gasteiger partial charge in [0.1, 0.15) is 0 Å². The fraction of sp³-hybridized carbons (Fsp3) is 0.500. The molecule has 1 heterocycles. The Bertz CT molecular complexity index is 646. The summed E-state index contributed by atoms with van der Waals surface area (Å²) < 4.78 is 22.9. The lowest BCUT2D eigenvalue weighted by Crippen LogP contribution is -2.40. The molecule has 1 amide bonds. The van der Waals surface area contributed by atoms with E-state index in [2.05, 4.69) is 5.32 Å². The molecule has 0 aliphatic carbocycles. The zero-order valence-corrected chi connectivity index (χ0v) is 13.7. The summed E-state index contributed by atoms with van der Waals surface area (Å²) in [5.74, 6) is 0.0955. The molecule has 1 aliphatic heterocycles. The molecule has 21 heavy (non-hydrogen) atoms. The average Bonchev–Trinajstić information content (AvgIpc) is 2.79. The molecule has 2 rings (SSSR count). The average molecular weight is 331 g/mol. The van der Waals surface area contributed by atoms with Crippen molar-refractivity contribution in [2.45, 2.75) is 19.4 Å². The zero-order chi connectivity index (χ0) is 15.6. The number of hydrogen-bond donors (Lipinski definition) is 1. The SMILES string of the molecule is Cc1c(Cl)cccc1NCC(=O)N(C)C1CCS(=O)(=O)C1. The highest BCUT2D eigenvalue weighted by Crippen LogP contribution is 2.23. The van der Waals surface area contributed by atoms with Crippen LogP contribution >= 0.6 is 11.6 Å². The van der Waals surface area contributed by atoms with E-state index in [1.807, 2.05) is 19.1 Å². The van der Waals surface area contributed by atoms with Crippen molar-refractivity contribution in [2.24, 2.45) is 0 Å². The minimum atomic E-state index is -2.99. The second kappa shape index (κ2) is 6.23. The van der Waals surface area contributed by atoms with Crippen molar-refractivity contribution in [1.82, 2.24) is 4.90 Å². The van der Waals surface area contributed by atoms with Crippen LogP contribution in [-0.2, 0) is 14.6 Å². The standard InChI is InChI=1S/C14H19ClN2O3S/c1-10-12(15)4-3-5-13(10)16-8-14(18)17(2)11-6-7-21(19,20)9-11/h3-5,11,16H,6-9H2,1-2H3. The topological polar surface area (TPSA) is 66.5 Å². The molecule has 1 atom stereocenters. The molecule has 1 aromatic carbocycles. The first-order valence-corrected chi connectivity index (χ1v) is 8.95. The van der Waals surface area contributed by atoms with Crippen LogP contribution in [0.15, 0.2) is 18.2 Å². The Kier molecular flexibility index (Phi) is 4.78. The Labute approximate surface area is 130 Å². The van der Waals surface area contributed by atoms with Crippen LogP contribution in [0.4, 0.5) is 5.69 Å². The molecule has 1 aromatic rings. The van der Waals surface area contributed by atoms with E-state index in [9.17, 15) is 13.2 Å². The lowest BCUT2D eigenvalue weighted by atomic mass is 10.2. The molecular weight excluding hydrogens is 312 g/mol. The first-order valence-electron chi connectivity index (χ1n) is 6.75. The molecule has 1 saturated heterocycles. The molecule has 1 fully saturated rings. The number of benzene rings is 1. The van der Waals surface area contributed by atoms with E-state index in [-0.39, 0.29) is 30.0 Å². The van der Waals surface area contributed by atoms with Gasteiger partial charge in [-0.3, -0.25) is 4.79 Å². The molecule has 1 N–H and O–H groups in total. The van der Waals surface area contributed by atoms with E-state index >= 15 is 0 Å². The Hall–Kier alpha value is -1.27. The molecule has 7 heteroatoms. The maximum absolute atomic E-state index is 12.1. The summed E-state index contributed by atoms with van der Waals surface area (Å²) in [6, 6.07) is 5.24. The van der Waals surface area contributed by atoms with Crippen molar-refractivity contribution in [1.29, 1.82) is 0 Å². The Morgan fingerprint density at radius 2 is 2.19 bits per heavy atom. The monoisotopic (exact) mass is 330 g/mol. The number of nitrogens with one attached hydrogen (secondary N) is 1. The molecule has 0 saturated carbocycles. The summed E-state index contributed by atoms with van der Waals surface area (Å²) in [5, 5.41) is 3.69. The van der Waals surface area contributed by atoms with Crippen molar-refractivity contribution < 1.29 is 13.2 Å². The molecule has 0 spiro atoms. The maximum Gasteiger partial charge on any atom is 0.241 e. The molecular formula is C14H19ClN2O3S. The minimum Gasteiger partial charge on any atom is -0.376 e. The van der Waals surface area contributed by atoms with Crippen LogP contribution in [-0.4, -0.2) is 50.4 Å². The highest BCUT2D eigenvalue weighted by atomic mass is 35.5. The normalized spacial score (nSPS) is 20.2. The predicted molar refractivity (Wildman–Crippen MR) is 84.5 cm³/mol. The Morgan fingerprint density at radius 1 is 1.48 bits per heavy atom. The Balaban J connectivity index is 1.94. The summed E-state index contributed by atoms with van der Waals surface area (Å²) in [6.45, 7) is 2.00. The van der Waals surface area contributed by atoms with Crippen LogP contribution in [0.3, 0.4) is 0 Å². The molecule has 5 nitrogen and oxygen atoms in total. The van der Waals surface area contributed by atoms with Crippen molar-refractivity contribution >= 4 is 33.0 Å². The van der Waals surface area contributed by atoms with Gasteiger partial charge >= 0.3 is 0 Å². The first kappa shape index (κ1) is 16.1. The van der Waals surface area contributed by atoms with Gasteiger partial charge in [-0.25, -0.2) is 8.42 Å². The van der Waals surface area contributed by atoms with E-state index < -0.39 is 9.84 Å². The lowest BCUT2D eigenvalue weighted by molar-refractivity contribution is -0.129. The van der Waals surface area contributed by atoms with Crippen LogP contribution in [0.5, 0.6) is 0 Å². The first-order chi connectivity index (χ1) is 9.80. The van der Waals surface area contributed by atoms with E-state index in [0.29, 0.717) is 11.4 Å². The molecule has 0 aromatic heterocycles. The van der Waals surface area contributed by atoms with Crippen LogP contribution in [0, 0.1) is 6.92 Å². The van der Waals surface area contributed by atoms with Gasteiger partial charge < -0.3 is 10.2 Å². The summed E-state index contributed by atoms with van der Waals surface area (Å²) in [5.41, 5.74) is 1.70. The fourth-order valence-corrected chi connectivity index (χ4v) is 4.33. The van der Waals surface area contributed by atoms with Crippen LogP contribution in [0.2, 0.25) is 5.02 Å². The number of hydrogen-bond acceptors (Lipinski definition) is 4. The number of rotatable bonds is 4. The van der Waals surface area contributed by atoms with Gasteiger partial charge in [-0.1, -0.05) is 17.7 Å². The summed E-state index contributed by atoms with van der Waals surface area (Å²) in [7, 11) is -1.33.